The SMILES string of the molecule is CCCCn1c(-c2ccc(Cl)cc2)cnc1Cn1c(SCc2ccc(F)cc2)nc(=O)c2c1CCC2. The minimum Gasteiger partial charge on any atom is -0.327 e. The first-order valence-corrected chi connectivity index (χ1v) is 13.7. The number of aromatic nitrogens is 4. The van der Waals surface area contributed by atoms with Crippen molar-refractivity contribution in [3.63, 3.8) is 0 Å². The van der Waals surface area contributed by atoms with Gasteiger partial charge in [-0.1, -0.05) is 61.0 Å². The second-order valence-corrected chi connectivity index (χ2v) is 10.4. The number of thioether (sulfide) groups is 1. The highest BCUT2D eigenvalue weighted by molar-refractivity contribution is 7.98. The van der Waals surface area contributed by atoms with Gasteiger partial charge in [-0.2, -0.15) is 4.98 Å². The minimum atomic E-state index is -0.258. The molecule has 4 aromatic rings. The summed E-state index contributed by atoms with van der Waals surface area (Å²) in [5.74, 6) is 1.29. The van der Waals surface area contributed by atoms with Crippen molar-refractivity contribution >= 4 is 23.4 Å². The molecule has 0 aliphatic heterocycles. The number of rotatable bonds is 9. The Bertz CT molecular complexity index is 1410. The molecule has 5 nitrogen and oxygen atoms in total. The number of halogens is 2. The van der Waals surface area contributed by atoms with E-state index in [0.717, 1.165) is 72.6 Å². The number of hydrogen-bond donors (Lipinski definition) is 0. The Morgan fingerprint density at radius 1 is 1.06 bits per heavy atom. The van der Waals surface area contributed by atoms with Crippen LogP contribution in [0.1, 0.15) is 48.8 Å². The second kappa shape index (κ2) is 11.0. The lowest BCUT2D eigenvalue weighted by atomic mass is 10.1. The van der Waals surface area contributed by atoms with Gasteiger partial charge in [0.25, 0.3) is 5.56 Å². The van der Waals surface area contributed by atoms with E-state index in [1.807, 2.05) is 30.5 Å². The molecule has 2 heterocycles. The van der Waals surface area contributed by atoms with Crippen LogP contribution in [-0.4, -0.2) is 19.1 Å². The standard InChI is InChI=1S/C28H28ClFN4OS/c1-2-3-15-33-25(20-9-11-21(29)12-10-20)16-31-26(33)17-34-24-6-4-5-23(24)27(35)32-28(34)36-18-19-7-13-22(30)14-8-19/h7-14,16H,2-6,15,17-18H2,1H3. The van der Waals surface area contributed by atoms with Crippen LogP contribution in [0.25, 0.3) is 11.3 Å². The van der Waals surface area contributed by atoms with Crippen LogP contribution in [-0.2, 0) is 31.7 Å². The molecule has 0 N–H and O–H groups in total. The van der Waals surface area contributed by atoms with E-state index in [4.69, 9.17) is 16.6 Å². The highest BCUT2D eigenvalue weighted by atomic mass is 35.5. The van der Waals surface area contributed by atoms with Crippen molar-refractivity contribution in [2.24, 2.45) is 0 Å². The maximum Gasteiger partial charge on any atom is 0.277 e. The van der Waals surface area contributed by atoms with E-state index < -0.39 is 0 Å². The molecule has 1 aliphatic carbocycles. The van der Waals surface area contributed by atoms with Crippen LogP contribution in [0.15, 0.2) is 64.7 Å². The van der Waals surface area contributed by atoms with E-state index in [0.29, 0.717) is 22.5 Å². The van der Waals surface area contributed by atoms with Gasteiger partial charge in [-0.05, 0) is 61.1 Å². The van der Waals surface area contributed by atoms with Crippen molar-refractivity contribution in [1.82, 2.24) is 19.1 Å². The Kier molecular flexibility index (Phi) is 7.58. The number of unbranched alkanes of at least 4 members (excludes halogenated alkanes) is 1. The summed E-state index contributed by atoms with van der Waals surface area (Å²) in [6.07, 6.45) is 6.62. The van der Waals surface area contributed by atoms with E-state index in [1.165, 1.54) is 23.9 Å². The lowest BCUT2D eigenvalue weighted by Gasteiger charge is -2.18. The normalized spacial score (nSPS) is 12.8. The molecule has 2 aromatic heterocycles. The molecule has 0 amide bonds. The van der Waals surface area contributed by atoms with E-state index in [9.17, 15) is 9.18 Å². The molecule has 0 spiro atoms. The number of nitrogens with zero attached hydrogens (tertiary/aromatic N) is 4. The van der Waals surface area contributed by atoms with Gasteiger partial charge in [-0.15, -0.1) is 0 Å². The highest BCUT2D eigenvalue weighted by Gasteiger charge is 2.23. The fraction of sp³-hybridized carbons (Fsp3) is 0.321. The lowest BCUT2D eigenvalue weighted by Crippen LogP contribution is -2.23. The average molecular weight is 523 g/mol. The van der Waals surface area contributed by atoms with Crippen molar-refractivity contribution in [3.8, 4) is 11.3 Å². The summed E-state index contributed by atoms with van der Waals surface area (Å²) < 4.78 is 17.8. The predicted molar refractivity (Wildman–Crippen MR) is 143 cm³/mol. The number of benzene rings is 2. The number of hydrogen-bond acceptors (Lipinski definition) is 4. The van der Waals surface area contributed by atoms with Gasteiger partial charge in [0, 0.05) is 28.6 Å². The Hall–Kier alpha value is -2.90. The van der Waals surface area contributed by atoms with Crippen molar-refractivity contribution in [2.45, 2.75) is 63.0 Å². The van der Waals surface area contributed by atoms with Crippen molar-refractivity contribution in [3.05, 3.63) is 98.6 Å². The Morgan fingerprint density at radius 2 is 1.83 bits per heavy atom. The molecular formula is C28H28ClFN4OS. The molecule has 1 aliphatic rings. The third kappa shape index (κ3) is 5.27. The summed E-state index contributed by atoms with van der Waals surface area (Å²) in [6, 6.07) is 14.3. The summed E-state index contributed by atoms with van der Waals surface area (Å²) in [5, 5.41) is 1.39. The van der Waals surface area contributed by atoms with Crippen molar-refractivity contribution < 1.29 is 4.39 Å². The molecule has 36 heavy (non-hydrogen) atoms. The molecule has 2 aromatic carbocycles. The maximum absolute atomic E-state index is 13.3. The number of imidazole rings is 1. The molecule has 8 heteroatoms. The number of fused-ring (bicyclic) bond motifs is 1. The van der Waals surface area contributed by atoms with Crippen molar-refractivity contribution in [1.29, 1.82) is 0 Å². The molecular weight excluding hydrogens is 495 g/mol. The van der Waals surface area contributed by atoms with Gasteiger partial charge < -0.3 is 9.13 Å². The monoisotopic (exact) mass is 522 g/mol. The zero-order valence-corrected chi connectivity index (χ0v) is 21.8. The minimum absolute atomic E-state index is 0.128. The molecule has 5 rings (SSSR count). The first-order chi connectivity index (χ1) is 17.5. The van der Waals surface area contributed by atoms with Crippen LogP contribution < -0.4 is 5.56 Å². The second-order valence-electron chi connectivity index (χ2n) is 9.05. The van der Waals surface area contributed by atoms with Gasteiger partial charge in [-0.25, -0.2) is 9.37 Å². The van der Waals surface area contributed by atoms with E-state index in [2.05, 4.69) is 21.0 Å². The topological polar surface area (TPSA) is 52.7 Å². The van der Waals surface area contributed by atoms with Crippen LogP contribution in [0.2, 0.25) is 5.02 Å². The van der Waals surface area contributed by atoms with Gasteiger partial charge in [-0.3, -0.25) is 4.79 Å². The average Bonchev–Trinajstić information content (AvgIpc) is 3.53. The zero-order valence-electron chi connectivity index (χ0n) is 20.2. The van der Waals surface area contributed by atoms with Gasteiger partial charge in [0.15, 0.2) is 5.16 Å². The Labute approximate surface area is 219 Å². The smallest absolute Gasteiger partial charge is 0.277 e. The highest BCUT2D eigenvalue weighted by Crippen LogP contribution is 2.29. The summed E-state index contributed by atoms with van der Waals surface area (Å²) >= 11 is 7.63. The molecule has 0 atom stereocenters. The molecule has 186 valence electrons. The van der Waals surface area contributed by atoms with E-state index in [-0.39, 0.29) is 11.4 Å². The van der Waals surface area contributed by atoms with Crippen LogP contribution >= 0.6 is 23.4 Å². The van der Waals surface area contributed by atoms with E-state index >= 15 is 0 Å². The van der Waals surface area contributed by atoms with Crippen molar-refractivity contribution in [2.75, 3.05) is 0 Å². The fourth-order valence-electron chi connectivity index (χ4n) is 4.69. The summed E-state index contributed by atoms with van der Waals surface area (Å²) in [6.45, 7) is 3.58. The maximum atomic E-state index is 13.3. The van der Waals surface area contributed by atoms with Gasteiger partial charge >= 0.3 is 0 Å². The first kappa shape index (κ1) is 24.8. The molecule has 0 radical (unpaired) electrons. The molecule has 0 fully saturated rings. The molecule has 0 bridgehead atoms. The molecule has 0 unspecified atom stereocenters. The Balaban J connectivity index is 1.52. The summed E-state index contributed by atoms with van der Waals surface area (Å²) in [4.78, 5) is 22.1. The van der Waals surface area contributed by atoms with Crippen LogP contribution in [0.5, 0.6) is 0 Å². The third-order valence-corrected chi connectivity index (χ3v) is 7.89. The largest absolute Gasteiger partial charge is 0.327 e. The third-order valence-electron chi connectivity index (χ3n) is 6.59. The van der Waals surface area contributed by atoms with Gasteiger partial charge in [0.05, 0.1) is 18.4 Å². The van der Waals surface area contributed by atoms with Crippen LogP contribution in [0.3, 0.4) is 0 Å². The van der Waals surface area contributed by atoms with Crippen LogP contribution in [0.4, 0.5) is 4.39 Å². The quantitative estimate of drug-likeness (QED) is 0.185. The predicted octanol–water partition coefficient (Wildman–Crippen LogP) is 6.53. The molecule has 0 saturated heterocycles. The summed E-state index contributed by atoms with van der Waals surface area (Å²) in [5.41, 5.74) is 4.87. The zero-order chi connectivity index (χ0) is 25.1. The van der Waals surface area contributed by atoms with Crippen LogP contribution in [0, 0.1) is 5.82 Å². The fourth-order valence-corrected chi connectivity index (χ4v) is 5.78. The Morgan fingerprint density at radius 3 is 2.58 bits per heavy atom. The first-order valence-electron chi connectivity index (χ1n) is 12.3. The van der Waals surface area contributed by atoms with Gasteiger partial charge in [0.2, 0.25) is 0 Å². The van der Waals surface area contributed by atoms with E-state index in [1.54, 1.807) is 12.1 Å². The molecule has 0 saturated carbocycles. The lowest BCUT2D eigenvalue weighted by molar-refractivity contribution is 0.553. The van der Waals surface area contributed by atoms with Gasteiger partial charge in [0.1, 0.15) is 11.6 Å². The summed E-state index contributed by atoms with van der Waals surface area (Å²) in [7, 11) is 0.